The van der Waals surface area contributed by atoms with Gasteiger partial charge in [0.25, 0.3) is 5.91 Å². The summed E-state index contributed by atoms with van der Waals surface area (Å²) in [6, 6.07) is 15.2. The highest BCUT2D eigenvalue weighted by atomic mass is 16.5. The van der Waals surface area contributed by atoms with Gasteiger partial charge in [0.15, 0.2) is 0 Å². The molecule has 1 aromatic heterocycles. The quantitative estimate of drug-likeness (QED) is 0.576. The Bertz CT molecular complexity index is 928. The lowest BCUT2D eigenvalue weighted by Gasteiger charge is -2.11. The van der Waals surface area contributed by atoms with Crippen LogP contribution in [0.5, 0.6) is 11.5 Å². The Hall–Kier alpha value is -3.61. The van der Waals surface area contributed by atoms with Gasteiger partial charge in [0, 0.05) is 6.54 Å². The van der Waals surface area contributed by atoms with Gasteiger partial charge in [0.2, 0.25) is 0 Å². The molecule has 1 amide bonds. The van der Waals surface area contributed by atoms with Crippen LogP contribution >= 0.6 is 0 Å². The summed E-state index contributed by atoms with van der Waals surface area (Å²) in [6.07, 6.45) is 3.84. The first-order valence-electron chi connectivity index (χ1n) is 9.41. The summed E-state index contributed by atoms with van der Waals surface area (Å²) in [6.45, 7) is 3.11. The molecule has 0 bridgehead atoms. The van der Waals surface area contributed by atoms with Gasteiger partial charge in [-0.15, -0.1) is 0 Å². The van der Waals surface area contributed by atoms with Crippen molar-refractivity contribution in [2.75, 3.05) is 30.9 Å². The van der Waals surface area contributed by atoms with E-state index in [1.807, 2.05) is 43.3 Å². The van der Waals surface area contributed by atoms with Gasteiger partial charge in [0.05, 0.1) is 31.8 Å². The number of hydrogen-bond donors (Lipinski definition) is 2. The molecule has 0 radical (unpaired) electrons. The molecule has 7 nitrogen and oxygen atoms in total. The molecular formula is C22H24N4O3. The summed E-state index contributed by atoms with van der Waals surface area (Å²) in [5, 5.41) is 6.01. The average molecular weight is 392 g/mol. The SMILES string of the molecule is CCOc1ccccc1NC(=O)c1cnc(NCCc2ccc(OC)cc2)cn1. The zero-order valence-corrected chi connectivity index (χ0v) is 16.5. The number of aromatic nitrogens is 2. The monoisotopic (exact) mass is 392 g/mol. The Morgan fingerprint density at radius 3 is 2.52 bits per heavy atom. The van der Waals surface area contributed by atoms with E-state index in [1.54, 1.807) is 25.4 Å². The molecule has 0 saturated heterocycles. The highest BCUT2D eigenvalue weighted by Gasteiger charge is 2.11. The second-order valence-electron chi connectivity index (χ2n) is 6.20. The number of nitrogens with zero attached hydrogens (tertiary/aromatic N) is 2. The number of benzene rings is 2. The predicted octanol–water partition coefficient (Wildman–Crippen LogP) is 3.79. The first-order chi connectivity index (χ1) is 14.2. The molecular weight excluding hydrogens is 368 g/mol. The maximum Gasteiger partial charge on any atom is 0.275 e. The van der Waals surface area contributed by atoms with E-state index in [0.717, 1.165) is 12.2 Å². The van der Waals surface area contributed by atoms with E-state index in [4.69, 9.17) is 9.47 Å². The summed E-state index contributed by atoms with van der Waals surface area (Å²) < 4.78 is 10.7. The van der Waals surface area contributed by atoms with E-state index in [0.29, 0.717) is 30.4 Å². The molecule has 0 aliphatic carbocycles. The molecule has 0 atom stereocenters. The van der Waals surface area contributed by atoms with Gasteiger partial charge in [-0.05, 0) is 43.2 Å². The van der Waals surface area contributed by atoms with Crippen molar-refractivity contribution in [2.45, 2.75) is 13.3 Å². The molecule has 2 N–H and O–H groups in total. The Morgan fingerprint density at radius 2 is 1.83 bits per heavy atom. The minimum Gasteiger partial charge on any atom is -0.497 e. The van der Waals surface area contributed by atoms with Crippen molar-refractivity contribution >= 4 is 17.4 Å². The third kappa shape index (κ3) is 5.68. The lowest BCUT2D eigenvalue weighted by atomic mass is 10.1. The molecule has 0 aliphatic rings. The molecule has 0 saturated carbocycles. The Kier molecular flexibility index (Phi) is 7.00. The van der Waals surface area contributed by atoms with Gasteiger partial charge < -0.3 is 20.1 Å². The first-order valence-corrected chi connectivity index (χ1v) is 9.41. The van der Waals surface area contributed by atoms with E-state index >= 15 is 0 Å². The highest BCUT2D eigenvalue weighted by Crippen LogP contribution is 2.24. The molecule has 150 valence electrons. The Morgan fingerprint density at radius 1 is 1.03 bits per heavy atom. The van der Waals surface area contributed by atoms with Gasteiger partial charge in [-0.3, -0.25) is 4.79 Å². The maximum atomic E-state index is 12.4. The van der Waals surface area contributed by atoms with Gasteiger partial charge in [0.1, 0.15) is 23.0 Å². The third-order valence-corrected chi connectivity index (χ3v) is 4.20. The number of carbonyl (C=O) groups is 1. The summed E-state index contributed by atoms with van der Waals surface area (Å²) >= 11 is 0. The van der Waals surface area contributed by atoms with Crippen molar-refractivity contribution in [1.82, 2.24) is 9.97 Å². The van der Waals surface area contributed by atoms with E-state index in [2.05, 4.69) is 20.6 Å². The predicted molar refractivity (Wildman–Crippen MR) is 113 cm³/mol. The normalized spacial score (nSPS) is 10.3. The molecule has 0 aliphatic heterocycles. The molecule has 3 aromatic rings. The number of anilines is 2. The number of para-hydroxylation sites is 2. The number of methoxy groups -OCH3 is 1. The van der Waals surface area contributed by atoms with E-state index in [-0.39, 0.29) is 11.6 Å². The van der Waals surface area contributed by atoms with Crippen LogP contribution in [-0.4, -0.2) is 36.1 Å². The van der Waals surface area contributed by atoms with Crippen LogP contribution in [-0.2, 0) is 6.42 Å². The van der Waals surface area contributed by atoms with Gasteiger partial charge in [-0.25, -0.2) is 9.97 Å². The van der Waals surface area contributed by atoms with Crippen LogP contribution in [0, 0.1) is 0 Å². The number of amides is 1. The van der Waals surface area contributed by atoms with Crippen molar-refractivity contribution in [3.05, 3.63) is 72.2 Å². The summed E-state index contributed by atoms with van der Waals surface area (Å²) in [5.41, 5.74) is 2.02. The van der Waals surface area contributed by atoms with Crippen LogP contribution in [0.15, 0.2) is 60.9 Å². The third-order valence-electron chi connectivity index (χ3n) is 4.20. The van der Waals surface area contributed by atoms with Crippen molar-refractivity contribution in [1.29, 1.82) is 0 Å². The van der Waals surface area contributed by atoms with Gasteiger partial charge >= 0.3 is 0 Å². The second-order valence-corrected chi connectivity index (χ2v) is 6.20. The summed E-state index contributed by atoms with van der Waals surface area (Å²) in [4.78, 5) is 20.9. The summed E-state index contributed by atoms with van der Waals surface area (Å²) in [5.74, 6) is 1.73. The van der Waals surface area contributed by atoms with Gasteiger partial charge in [-0.1, -0.05) is 24.3 Å². The molecule has 3 rings (SSSR count). The molecule has 0 unspecified atom stereocenters. The molecule has 2 aromatic carbocycles. The van der Waals surface area contributed by atoms with Crippen LogP contribution in [0.3, 0.4) is 0 Å². The lowest BCUT2D eigenvalue weighted by Crippen LogP contribution is -2.15. The van der Waals surface area contributed by atoms with Gasteiger partial charge in [-0.2, -0.15) is 0 Å². The topological polar surface area (TPSA) is 85.4 Å². The number of nitrogens with one attached hydrogen (secondary N) is 2. The van der Waals surface area contributed by atoms with Crippen LogP contribution in [0.1, 0.15) is 23.0 Å². The Balaban J connectivity index is 1.53. The largest absolute Gasteiger partial charge is 0.497 e. The molecule has 0 fully saturated rings. The molecule has 29 heavy (non-hydrogen) atoms. The van der Waals surface area contributed by atoms with Crippen molar-refractivity contribution in [3.8, 4) is 11.5 Å². The van der Waals surface area contributed by atoms with E-state index in [9.17, 15) is 4.79 Å². The zero-order chi connectivity index (χ0) is 20.5. The van der Waals surface area contributed by atoms with Crippen molar-refractivity contribution < 1.29 is 14.3 Å². The molecule has 0 spiro atoms. The maximum absolute atomic E-state index is 12.4. The van der Waals surface area contributed by atoms with Crippen LogP contribution in [0.25, 0.3) is 0 Å². The number of carbonyl (C=O) groups excluding carboxylic acids is 1. The number of ether oxygens (including phenoxy) is 2. The molecule has 1 heterocycles. The lowest BCUT2D eigenvalue weighted by molar-refractivity contribution is 0.102. The fraction of sp³-hybridized carbons (Fsp3) is 0.227. The van der Waals surface area contributed by atoms with Crippen LogP contribution in [0.4, 0.5) is 11.5 Å². The smallest absolute Gasteiger partial charge is 0.275 e. The minimum absolute atomic E-state index is 0.233. The summed E-state index contributed by atoms with van der Waals surface area (Å²) in [7, 11) is 1.65. The fourth-order valence-corrected chi connectivity index (χ4v) is 2.70. The van der Waals surface area contributed by atoms with Crippen LogP contribution in [0.2, 0.25) is 0 Å². The average Bonchev–Trinajstić information content (AvgIpc) is 2.76. The standard InChI is InChI=1S/C22H24N4O3/c1-3-29-20-7-5-4-6-18(20)26-22(27)19-14-25-21(15-24-19)23-13-12-16-8-10-17(28-2)11-9-16/h4-11,14-15H,3,12-13H2,1-2H3,(H,23,25)(H,26,27). The second kappa shape index (κ2) is 10.1. The van der Waals surface area contributed by atoms with Crippen molar-refractivity contribution in [3.63, 3.8) is 0 Å². The minimum atomic E-state index is -0.338. The van der Waals surface area contributed by atoms with Crippen molar-refractivity contribution in [2.24, 2.45) is 0 Å². The van der Waals surface area contributed by atoms with E-state index < -0.39 is 0 Å². The zero-order valence-electron chi connectivity index (χ0n) is 16.5. The number of rotatable bonds is 9. The van der Waals surface area contributed by atoms with Crippen LogP contribution < -0.4 is 20.1 Å². The fourth-order valence-electron chi connectivity index (χ4n) is 2.70. The highest BCUT2D eigenvalue weighted by molar-refractivity contribution is 6.03. The first kappa shape index (κ1) is 20.1. The Labute approximate surface area is 170 Å². The molecule has 7 heteroatoms. The number of hydrogen-bond acceptors (Lipinski definition) is 6. The van der Waals surface area contributed by atoms with E-state index in [1.165, 1.54) is 11.8 Å².